The molecule has 0 spiro atoms. The van der Waals surface area contributed by atoms with Gasteiger partial charge in [0.25, 0.3) is 10.0 Å². The first-order chi connectivity index (χ1) is 14.6. The Morgan fingerprint density at radius 2 is 1.42 bits per heavy atom. The van der Waals surface area contributed by atoms with Crippen molar-refractivity contribution in [2.45, 2.75) is 31.1 Å². The summed E-state index contributed by atoms with van der Waals surface area (Å²) in [6.45, 7) is 6.46. The Labute approximate surface area is 183 Å². The minimum Gasteiger partial charge on any atom is -0.323 e. The summed E-state index contributed by atoms with van der Waals surface area (Å²) in [5, 5.41) is 2.74. The van der Waals surface area contributed by atoms with E-state index in [4.69, 9.17) is 0 Å². The number of hydrogen-bond acceptors (Lipinski definition) is 3. The topological polar surface area (TPSA) is 75.3 Å². The minimum atomic E-state index is -3.70. The van der Waals surface area contributed by atoms with Gasteiger partial charge in [0, 0.05) is 17.5 Å². The van der Waals surface area contributed by atoms with Gasteiger partial charge in [0.05, 0.1) is 4.90 Å². The van der Waals surface area contributed by atoms with Crippen LogP contribution in [0.3, 0.4) is 0 Å². The maximum atomic E-state index is 12.5. The summed E-state index contributed by atoms with van der Waals surface area (Å²) in [7, 11) is -3.70. The fraction of sp³-hybridized carbons (Fsp3) is 0.160. The second-order valence-corrected chi connectivity index (χ2v) is 9.87. The molecule has 3 aromatic carbocycles. The Kier molecular flexibility index (Phi) is 6.61. The number of benzene rings is 3. The van der Waals surface area contributed by atoms with Gasteiger partial charge in [0.2, 0.25) is 5.91 Å². The molecule has 2 N–H and O–H groups in total. The van der Waals surface area contributed by atoms with Crippen molar-refractivity contribution < 1.29 is 13.2 Å². The van der Waals surface area contributed by atoms with Gasteiger partial charge in [-0.3, -0.25) is 9.52 Å². The predicted octanol–water partition coefficient (Wildman–Crippen LogP) is 5.44. The molecule has 160 valence electrons. The molecule has 31 heavy (non-hydrogen) atoms. The van der Waals surface area contributed by atoms with Gasteiger partial charge in [-0.25, -0.2) is 8.42 Å². The number of para-hydroxylation sites is 1. The van der Waals surface area contributed by atoms with Gasteiger partial charge >= 0.3 is 0 Å². The molecular formula is C25H26N2O3S. The van der Waals surface area contributed by atoms with Crippen molar-refractivity contribution in [1.82, 2.24) is 0 Å². The Morgan fingerprint density at radius 3 is 2.00 bits per heavy atom. The van der Waals surface area contributed by atoms with Crippen LogP contribution in [0.4, 0.5) is 11.4 Å². The largest absolute Gasteiger partial charge is 0.323 e. The zero-order valence-electron chi connectivity index (χ0n) is 17.8. The van der Waals surface area contributed by atoms with Crippen molar-refractivity contribution >= 4 is 33.4 Å². The molecule has 0 atom stereocenters. The smallest absolute Gasteiger partial charge is 0.261 e. The van der Waals surface area contributed by atoms with Crippen LogP contribution in [0.5, 0.6) is 0 Å². The first-order valence-electron chi connectivity index (χ1n) is 9.91. The average molecular weight is 435 g/mol. The van der Waals surface area contributed by atoms with Crippen molar-refractivity contribution in [2.75, 3.05) is 10.0 Å². The highest BCUT2D eigenvalue weighted by atomic mass is 32.2. The molecule has 0 heterocycles. The molecule has 0 aliphatic carbocycles. The van der Waals surface area contributed by atoms with Crippen LogP contribution in [0.25, 0.3) is 6.08 Å². The Hall–Kier alpha value is -3.38. The van der Waals surface area contributed by atoms with E-state index < -0.39 is 10.0 Å². The normalized spacial score (nSPS) is 12.0. The molecule has 3 aromatic rings. The number of carbonyl (C=O) groups is 1. The van der Waals surface area contributed by atoms with Crippen LogP contribution >= 0.6 is 0 Å². The van der Waals surface area contributed by atoms with E-state index in [0.29, 0.717) is 11.4 Å². The number of amides is 1. The summed E-state index contributed by atoms with van der Waals surface area (Å²) in [4.78, 5) is 12.3. The quantitative estimate of drug-likeness (QED) is 0.508. The third kappa shape index (κ3) is 6.30. The zero-order chi connectivity index (χ0) is 22.5. The van der Waals surface area contributed by atoms with Gasteiger partial charge in [0.1, 0.15) is 0 Å². The molecule has 0 radical (unpaired) electrons. The molecule has 1 amide bonds. The predicted molar refractivity (Wildman–Crippen MR) is 126 cm³/mol. The van der Waals surface area contributed by atoms with Gasteiger partial charge in [0.15, 0.2) is 0 Å². The Bertz CT molecular complexity index is 1160. The van der Waals surface area contributed by atoms with Gasteiger partial charge in [-0.15, -0.1) is 0 Å². The van der Waals surface area contributed by atoms with Crippen LogP contribution in [0.15, 0.2) is 89.8 Å². The SMILES string of the molecule is CC(C)(C)c1ccc(/C=C/C(=O)Nc2ccc(S(=O)(=O)Nc3ccccc3)cc2)cc1. The first-order valence-corrected chi connectivity index (χ1v) is 11.4. The van der Waals surface area contributed by atoms with Crippen LogP contribution < -0.4 is 10.0 Å². The standard InChI is InChI=1S/C25H26N2O3S/c1-25(2,3)20-12-9-19(10-13-20)11-18-24(28)26-21-14-16-23(17-15-21)31(29,30)27-22-7-5-4-6-8-22/h4-18,27H,1-3H3,(H,26,28)/b18-11+. The summed E-state index contributed by atoms with van der Waals surface area (Å²) in [5.41, 5.74) is 3.23. The molecule has 3 rings (SSSR count). The van der Waals surface area contributed by atoms with Crippen LogP contribution in [0, 0.1) is 0 Å². The molecule has 5 nitrogen and oxygen atoms in total. The zero-order valence-corrected chi connectivity index (χ0v) is 18.6. The maximum Gasteiger partial charge on any atom is 0.261 e. The number of nitrogens with one attached hydrogen (secondary N) is 2. The second-order valence-electron chi connectivity index (χ2n) is 8.19. The lowest BCUT2D eigenvalue weighted by Gasteiger charge is -2.18. The van der Waals surface area contributed by atoms with Crippen LogP contribution in [-0.4, -0.2) is 14.3 Å². The van der Waals surface area contributed by atoms with E-state index in [9.17, 15) is 13.2 Å². The highest BCUT2D eigenvalue weighted by Gasteiger charge is 2.14. The summed E-state index contributed by atoms with van der Waals surface area (Å²) >= 11 is 0. The summed E-state index contributed by atoms with van der Waals surface area (Å²) in [5.74, 6) is -0.294. The molecule has 0 saturated heterocycles. The molecule has 0 aliphatic rings. The van der Waals surface area contributed by atoms with E-state index in [-0.39, 0.29) is 16.2 Å². The monoisotopic (exact) mass is 434 g/mol. The van der Waals surface area contributed by atoms with Crippen molar-refractivity contribution in [2.24, 2.45) is 0 Å². The van der Waals surface area contributed by atoms with Gasteiger partial charge in [-0.05, 0) is 59.0 Å². The Morgan fingerprint density at radius 1 is 0.806 bits per heavy atom. The molecule has 0 aromatic heterocycles. The van der Waals surface area contributed by atoms with E-state index in [1.807, 2.05) is 18.2 Å². The Balaban J connectivity index is 1.61. The summed E-state index contributed by atoms with van der Waals surface area (Å²) in [6, 6.07) is 22.8. The lowest BCUT2D eigenvalue weighted by atomic mass is 9.87. The van der Waals surface area contributed by atoms with Gasteiger partial charge < -0.3 is 5.32 Å². The minimum absolute atomic E-state index is 0.0792. The van der Waals surface area contributed by atoms with Crippen LogP contribution in [-0.2, 0) is 20.2 Å². The number of rotatable bonds is 6. The van der Waals surface area contributed by atoms with E-state index in [2.05, 4.69) is 42.9 Å². The highest BCUT2D eigenvalue weighted by molar-refractivity contribution is 7.92. The van der Waals surface area contributed by atoms with Crippen molar-refractivity contribution in [3.63, 3.8) is 0 Å². The van der Waals surface area contributed by atoms with E-state index >= 15 is 0 Å². The lowest BCUT2D eigenvalue weighted by molar-refractivity contribution is -0.111. The lowest BCUT2D eigenvalue weighted by Crippen LogP contribution is -2.13. The molecule has 6 heteroatoms. The summed E-state index contributed by atoms with van der Waals surface area (Å²) < 4.78 is 27.5. The first kappa shape index (κ1) is 22.3. The van der Waals surface area contributed by atoms with Crippen molar-refractivity contribution in [3.05, 3.63) is 96.1 Å². The average Bonchev–Trinajstić information content (AvgIpc) is 2.73. The van der Waals surface area contributed by atoms with E-state index in [0.717, 1.165) is 5.56 Å². The highest BCUT2D eigenvalue weighted by Crippen LogP contribution is 2.22. The van der Waals surface area contributed by atoms with Crippen LogP contribution in [0.1, 0.15) is 31.9 Å². The second kappa shape index (κ2) is 9.18. The van der Waals surface area contributed by atoms with Gasteiger partial charge in [-0.1, -0.05) is 63.2 Å². The van der Waals surface area contributed by atoms with Crippen molar-refractivity contribution in [3.8, 4) is 0 Å². The summed E-state index contributed by atoms with van der Waals surface area (Å²) in [6.07, 6.45) is 3.19. The molecule has 0 bridgehead atoms. The van der Waals surface area contributed by atoms with E-state index in [1.54, 1.807) is 42.5 Å². The van der Waals surface area contributed by atoms with Crippen molar-refractivity contribution in [1.29, 1.82) is 0 Å². The van der Waals surface area contributed by atoms with E-state index in [1.165, 1.54) is 23.8 Å². The fourth-order valence-corrected chi connectivity index (χ4v) is 3.95. The third-order valence-electron chi connectivity index (χ3n) is 4.66. The molecule has 0 saturated carbocycles. The van der Waals surface area contributed by atoms with Crippen LogP contribution in [0.2, 0.25) is 0 Å². The fourth-order valence-electron chi connectivity index (χ4n) is 2.89. The number of anilines is 2. The maximum absolute atomic E-state index is 12.5. The number of sulfonamides is 1. The molecule has 0 aliphatic heterocycles. The molecular weight excluding hydrogens is 408 g/mol. The number of hydrogen-bond donors (Lipinski definition) is 2. The third-order valence-corrected chi connectivity index (χ3v) is 6.06. The number of carbonyl (C=O) groups excluding carboxylic acids is 1. The van der Waals surface area contributed by atoms with Gasteiger partial charge in [-0.2, -0.15) is 0 Å². The molecule has 0 fully saturated rings. The molecule has 0 unspecified atom stereocenters.